The molecule has 2 aromatic carbocycles. The molecule has 0 saturated heterocycles. The summed E-state index contributed by atoms with van der Waals surface area (Å²) in [6, 6.07) is 23.4. The van der Waals surface area contributed by atoms with Crippen molar-refractivity contribution >= 4 is 17.3 Å². The van der Waals surface area contributed by atoms with Crippen molar-refractivity contribution in [2.24, 2.45) is 0 Å². The number of nitrogens with zero attached hydrogens (tertiary/aromatic N) is 2. The summed E-state index contributed by atoms with van der Waals surface area (Å²) in [5.41, 5.74) is 3.28. The van der Waals surface area contributed by atoms with Gasteiger partial charge in [0.15, 0.2) is 0 Å². The third-order valence-corrected chi connectivity index (χ3v) is 4.05. The molecule has 132 valence electrons. The molecule has 0 atom stereocenters. The lowest BCUT2D eigenvalue weighted by atomic mass is 10.1. The van der Waals surface area contributed by atoms with Crippen molar-refractivity contribution in [3.8, 4) is 0 Å². The van der Waals surface area contributed by atoms with Gasteiger partial charge in [0.1, 0.15) is 5.69 Å². The van der Waals surface area contributed by atoms with Crippen molar-refractivity contribution < 1.29 is 4.79 Å². The van der Waals surface area contributed by atoms with Crippen LogP contribution in [0, 0.1) is 0 Å². The number of benzene rings is 2. The van der Waals surface area contributed by atoms with Crippen LogP contribution in [0.25, 0.3) is 0 Å². The minimum Gasteiger partial charge on any atom is -0.385 e. The molecule has 0 bridgehead atoms. The summed E-state index contributed by atoms with van der Waals surface area (Å²) in [6.07, 6.45) is 2.70. The van der Waals surface area contributed by atoms with Crippen LogP contribution in [0.4, 0.5) is 11.4 Å². The maximum atomic E-state index is 13.2. The van der Waals surface area contributed by atoms with Gasteiger partial charge in [-0.05, 0) is 36.2 Å². The first-order valence-corrected chi connectivity index (χ1v) is 8.88. The molecular formula is C22H23N3O. The molecule has 0 aliphatic rings. The molecule has 0 fully saturated rings. The van der Waals surface area contributed by atoms with E-state index in [9.17, 15) is 4.79 Å². The first kappa shape index (κ1) is 17.7. The molecule has 0 radical (unpaired) electrons. The Balaban J connectivity index is 1.90. The Morgan fingerprint density at radius 3 is 2.38 bits per heavy atom. The van der Waals surface area contributed by atoms with E-state index in [1.807, 2.05) is 72.8 Å². The highest BCUT2D eigenvalue weighted by atomic mass is 16.2. The van der Waals surface area contributed by atoms with Gasteiger partial charge in [-0.2, -0.15) is 0 Å². The van der Waals surface area contributed by atoms with Crippen LogP contribution in [0.1, 0.15) is 29.4 Å². The quantitative estimate of drug-likeness (QED) is 0.672. The van der Waals surface area contributed by atoms with Gasteiger partial charge in [0.25, 0.3) is 5.91 Å². The summed E-state index contributed by atoms with van der Waals surface area (Å²) < 4.78 is 0. The number of aromatic nitrogens is 1. The van der Waals surface area contributed by atoms with Crippen molar-refractivity contribution in [2.75, 3.05) is 16.8 Å². The first-order chi connectivity index (χ1) is 12.8. The fraction of sp³-hybridized carbons (Fsp3) is 0.182. The van der Waals surface area contributed by atoms with Crippen LogP contribution in [-0.2, 0) is 6.54 Å². The summed E-state index contributed by atoms with van der Waals surface area (Å²) in [7, 11) is 0. The van der Waals surface area contributed by atoms with E-state index in [-0.39, 0.29) is 5.91 Å². The monoisotopic (exact) mass is 345 g/mol. The minimum absolute atomic E-state index is 0.111. The molecule has 0 aliphatic carbocycles. The molecule has 0 spiro atoms. The van der Waals surface area contributed by atoms with Gasteiger partial charge in [-0.15, -0.1) is 0 Å². The third kappa shape index (κ3) is 4.48. The van der Waals surface area contributed by atoms with E-state index in [4.69, 9.17) is 0 Å². The standard InChI is InChI=1S/C22H23N3O/c1-2-14-23-19-13-15-24-21(16-19)22(26)25(20-11-7-4-8-12-20)17-18-9-5-3-6-10-18/h3-13,15-16H,2,14,17H2,1H3,(H,23,24). The third-order valence-electron chi connectivity index (χ3n) is 4.05. The lowest BCUT2D eigenvalue weighted by Gasteiger charge is -2.23. The zero-order chi connectivity index (χ0) is 18.2. The van der Waals surface area contributed by atoms with Crippen molar-refractivity contribution in [1.29, 1.82) is 0 Å². The zero-order valence-corrected chi connectivity index (χ0v) is 14.9. The average molecular weight is 345 g/mol. The molecule has 4 heteroatoms. The number of carbonyl (C=O) groups excluding carboxylic acids is 1. The molecule has 26 heavy (non-hydrogen) atoms. The molecule has 1 N–H and O–H groups in total. The number of amides is 1. The second kappa shape index (κ2) is 8.81. The number of para-hydroxylation sites is 1. The van der Waals surface area contributed by atoms with E-state index in [2.05, 4.69) is 17.2 Å². The predicted molar refractivity (Wildman–Crippen MR) is 106 cm³/mol. The van der Waals surface area contributed by atoms with Crippen molar-refractivity contribution in [1.82, 2.24) is 4.98 Å². The lowest BCUT2D eigenvalue weighted by molar-refractivity contribution is 0.0980. The van der Waals surface area contributed by atoms with Crippen LogP contribution in [0.3, 0.4) is 0 Å². The zero-order valence-electron chi connectivity index (χ0n) is 14.9. The van der Waals surface area contributed by atoms with Gasteiger partial charge in [0.05, 0.1) is 6.54 Å². The summed E-state index contributed by atoms with van der Waals surface area (Å²) in [4.78, 5) is 19.3. The largest absolute Gasteiger partial charge is 0.385 e. The minimum atomic E-state index is -0.111. The second-order valence-corrected chi connectivity index (χ2v) is 6.07. The van der Waals surface area contributed by atoms with Gasteiger partial charge in [-0.25, -0.2) is 0 Å². The Morgan fingerprint density at radius 1 is 1.00 bits per heavy atom. The van der Waals surface area contributed by atoms with Gasteiger partial charge >= 0.3 is 0 Å². The van der Waals surface area contributed by atoms with Gasteiger partial charge in [-0.1, -0.05) is 55.5 Å². The molecule has 4 nitrogen and oxygen atoms in total. The summed E-state index contributed by atoms with van der Waals surface area (Å²) in [6.45, 7) is 3.47. The van der Waals surface area contributed by atoms with Crippen LogP contribution in [0.5, 0.6) is 0 Å². The molecule has 1 heterocycles. The first-order valence-electron chi connectivity index (χ1n) is 8.88. The number of carbonyl (C=O) groups is 1. The molecule has 3 rings (SSSR count). The van der Waals surface area contributed by atoms with Crippen molar-refractivity contribution in [3.63, 3.8) is 0 Å². The Morgan fingerprint density at radius 2 is 1.69 bits per heavy atom. The van der Waals surface area contributed by atoms with Gasteiger partial charge in [-0.3, -0.25) is 9.78 Å². The van der Waals surface area contributed by atoms with Crippen LogP contribution in [0.15, 0.2) is 79.0 Å². The van der Waals surface area contributed by atoms with E-state index in [1.165, 1.54) is 0 Å². The van der Waals surface area contributed by atoms with Crippen LogP contribution in [0.2, 0.25) is 0 Å². The second-order valence-electron chi connectivity index (χ2n) is 6.07. The SMILES string of the molecule is CCCNc1ccnc(C(=O)N(Cc2ccccc2)c2ccccc2)c1. The summed E-state index contributed by atoms with van der Waals surface area (Å²) >= 11 is 0. The van der Waals surface area contributed by atoms with Crippen molar-refractivity contribution in [3.05, 3.63) is 90.3 Å². The molecule has 3 aromatic rings. The maximum Gasteiger partial charge on any atom is 0.277 e. The number of nitrogens with one attached hydrogen (secondary N) is 1. The average Bonchev–Trinajstić information content (AvgIpc) is 2.71. The predicted octanol–water partition coefficient (Wildman–Crippen LogP) is 4.75. The topological polar surface area (TPSA) is 45.2 Å². The normalized spacial score (nSPS) is 10.3. The molecule has 1 aromatic heterocycles. The van der Waals surface area contributed by atoms with Gasteiger partial charge in [0.2, 0.25) is 0 Å². The van der Waals surface area contributed by atoms with E-state index in [0.29, 0.717) is 12.2 Å². The highest BCUT2D eigenvalue weighted by molar-refractivity contribution is 6.05. The molecule has 0 unspecified atom stereocenters. The molecule has 0 aliphatic heterocycles. The van der Waals surface area contributed by atoms with Crippen LogP contribution in [-0.4, -0.2) is 17.4 Å². The molecule has 1 amide bonds. The Bertz CT molecular complexity index is 834. The van der Waals surface area contributed by atoms with Gasteiger partial charge < -0.3 is 10.2 Å². The number of hydrogen-bond acceptors (Lipinski definition) is 3. The Kier molecular flexibility index (Phi) is 5.99. The fourth-order valence-electron chi connectivity index (χ4n) is 2.72. The van der Waals surface area contributed by atoms with E-state index in [0.717, 1.165) is 29.9 Å². The smallest absolute Gasteiger partial charge is 0.277 e. The van der Waals surface area contributed by atoms with Crippen LogP contribution >= 0.6 is 0 Å². The highest BCUT2D eigenvalue weighted by Gasteiger charge is 2.19. The van der Waals surface area contributed by atoms with Crippen LogP contribution < -0.4 is 10.2 Å². The Labute approximate surface area is 154 Å². The molecule has 0 saturated carbocycles. The van der Waals surface area contributed by atoms with E-state index in [1.54, 1.807) is 11.1 Å². The van der Waals surface area contributed by atoms with E-state index >= 15 is 0 Å². The number of rotatable bonds is 7. The van der Waals surface area contributed by atoms with Gasteiger partial charge in [0, 0.05) is 24.1 Å². The summed E-state index contributed by atoms with van der Waals surface area (Å²) in [5, 5.41) is 3.31. The molecular weight excluding hydrogens is 322 g/mol. The number of anilines is 2. The van der Waals surface area contributed by atoms with E-state index < -0.39 is 0 Å². The van der Waals surface area contributed by atoms with Crippen molar-refractivity contribution in [2.45, 2.75) is 19.9 Å². The number of hydrogen-bond donors (Lipinski definition) is 1. The summed E-state index contributed by atoms with van der Waals surface area (Å²) in [5.74, 6) is -0.111. The Hall–Kier alpha value is -3.14. The number of pyridine rings is 1. The fourth-order valence-corrected chi connectivity index (χ4v) is 2.72. The maximum absolute atomic E-state index is 13.2. The highest BCUT2D eigenvalue weighted by Crippen LogP contribution is 2.20. The lowest BCUT2D eigenvalue weighted by Crippen LogP contribution is -2.31.